The summed E-state index contributed by atoms with van der Waals surface area (Å²) in [6.45, 7) is 9.10. The van der Waals surface area contributed by atoms with Gasteiger partial charge in [-0.15, -0.1) is 0 Å². The highest BCUT2D eigenvalue weighted by Gasteiger charge is 2.17. The summed E-state index contributed by atoms with van der Waals surface area (Å²) in [4.78, 5) is 14.6. The van der Waals surface area contributed by atoms with Crippen LogP contribution in [0.3, 0.4) is 0 Å². The lowest BCUT2D eigenvalue weighted by Gasteiger charge is -2.29. The first-order valence-corrected chi connectivity index (χ1v) is 9.82. The number of ether oxygens (including phenoxy) is 2. The molecule has 0 radical (unpaired) electrons. The molecule has 0 bridgehead atoms. The van der Waals surface area contributed by atoms with Crippen molar-refractivity contribution >= 4 is 29.0 Å². The van der Waals surface area contributed by atoms with Crippen LogP contribution in [0.15, 0.2) is 36.4 Å². The molecule has 0 aliphatic carbocycles. The Hall–Kier alpha value is -2.44. The minimum Gasteiger partial charge on any atom is -0.457 e. The molecule has 1 heterocycles. The third-order valence-corrected chi connectivity index (χ3v) is 5.18. The Kier molecular flexibility index (Phi) is 6.65. The standard InChI is InChI=1S/C22H26N2O3S/c1-15-4-6-18(7-5-15)14-27-21(25)19-12-17(3)20(13-16(19)2)23-22(28)24-8-10-26-11-9-24/h4-7,12-13H,8-11,14H2,1-3H3,(H,23,28). The molecule has 5 nitrogen and oxygen atoms in total. The summed E-state index contributed by atoms with van der Waals surface area (Å²) in [6, 6.07) is 11.8. The number of thiocarbonyl (C=S) groups is 1. The van der Waals surface area contributed by atoms with Crippen LogP contribution in [0.25, 0.3) is 0 Å². The van der Waals surface area contributed by atoms with Crippen molar-refractivity contribution in [2.75, 3.05) is 31.6 Å². The molecule has 148 valence electrons. The fourth-order valence-electron chi connectivity index (χ4n) is 3.04. The zero-order valence-corrected chi connectivity index (χ0v) is 17.4. The number of aryl methyl sites for hydroxylation is 3. The van der Waals surface area contributed by atoms with Crippen LogP contribution >= 0.6 is 12.2 Å². The Morgan fingerprint density at radius 2 is 1.79 bits per heavy atom. The van der Waals surface area contributed by atoms with E-state index in [1.54, 1.807) is 0 Å². The molecule has 1 saturated heterocycles. The summed E-state index contributed by atoms with van der Waals surface area (Å²) < 4.78 is 10.9. The van der Waals surface area contributed by atoms with Crippen LogP contribution < -0.4 is 5.32 Å². The molecule has 0 amide bonds. The van der Waals surface area contributed by atoms with Gasteiger partial charge in [-0.3, -0.25) is 0 Å². The first kappa shape index (κ1) is 20.3. The summed E-state index contributed by atoms with van der Waals surface area (Å²) in [7, 11) is 0. The molecule has 0 aromatic heterocycles. The van der Waals surface area contributed by atoms with Gasteiger partial charge in [0, 0.05) is 18.8 Å². The molecular formula is C22H26N2O3S. The number of rotatable bonds is 4. The van der Waals surface area contributed by atoms with Gasteiger partial charge >= 0.3 is 5.97 Å². The topological polar surface area (TPSA) is 50.8 Å². The number of nitrogens with one attached hydrogen (secondary N) is 1. The Balaban J connectivity index is 1.65. The third kappa shape index (κ3) is 5.09. The van der Waals surface area contributed by atoms with Crippen LogP contribution in [0.2, 0.25) is 0 Å². The van der Waals surface area contributed by atoms with Gasteiger partial charge < -0.3 is 19.7 Å². The second kappa shape index (κ2) is 9.17. The van der Waals surface area contributed by atoms with E-state index in [9.17, 15) is 4.79 Å². The van der Waals surface area contributed by atoms with Crippen LogP contribution in [0, 0.1) is 20.8 Å². The van der Waals surface area contributed by atoms with E-state index in [1.807, 2.05) is 57.2 Å². The van der Waals surface area contributed by atoms with E-state index in [0.717, 1.165) is 35.5 Å². The molecule has 2 aromatic rings. The number of carbonyl (C=O) groups is 1. The van der Waals surface area contributed by atoms with Crippen molar-refractivity contribution in [3.05, 3.63) is 64.2 Å². The molecule has 0 atom stereocenters. The highest BCUT2D eigenvalue weighted by molar-refractivity contribution is 7.80. The Labute approximate surface area is 171 Å². The van der Waals surface area contributed by atoms with Crippen molar-refractivity contribution < 1.29 is 14.3 Å². The minimum atomic E-state index is -0.316. The van der Waals surface area contributed by atoms with Crippen LogP contribution in [0.1, 0.15) is 32.6 Å². The van der Waals surface area contributed by atoms with Crippen molar-refractivity contribution in [2.24, 2.45) is 0 Å². The Bertz CT molecular complexity index is 859. The molecule has 0 unspecified atom stereocenters. The minimum absolute atomic E-state index is 0.263. The number of esters is 1. The number of carbonyl (C=O) groups excluding carboxylic acids is 1. The molecule has 6 heteroatoms. The lowest BCUT2D eigenvalue weighted by atomic mass is 10.0. The van der Waals surface area contributed by atoms with E-state index in [4.69, 9.17) is 21.7 Å². The zero-order chi connectivity index (χ0) is 20.1. The lowest BCUT2D eigenvalue weighted by molar-refractivity contribution is 0.0472. The van der Waals surface area contributed by atoms with Crippen molar-refractivity contribution in [1.82, 2.24) is 4.90 Å². The molecule has 28 heavy (non-hydrogen) atoms. The van der Waals surface area contributed by atoms with Crippen molar-refractivity contribution in [3.63, 3.8) is 0 Å². The highest BCUT2D eigenvalue weighted by Crippen LogP contribution is 2.22. The van der Waals surface area contributed by atoms with Gasteiger partial charge in [-0.25, -0.2) is 4.79 Å². The quantitative estimate of drug-likeness (QED) is 0.621. The third-order valence-electron chi connectivity index (χ3n) is 4.82. The first-order chi connectivity index (χ1) is 13.4. The van der Waals surface area contributed by atoms with Crippen molar-refractivity contribution in [1.29, 1.82) is 0 Å². The SMILES string of the molecule is Cc1ccc(COC(=O)c2cc(C)c(NC(=S)N3CCOCC3)cc2C)cc1. The highest BCUT2D eigenvalue weighted by atomic mass is 32.1. The second-order valence-electron chi connectivity index (χ2n) is 7.07. The van der Waals surface area contributed by atoms with Gasteiger partial charge in [0.15, 0.2) is 5.11 Å². The summed E-state index contributed by atoms with van der Waals surface area (Å²) in [5.41, 5.74) is 5.44. The predicted molar refractivity (Wildman–Crippen MR) is 115 cm³/mol. The first-order valence-electron chi connectivity index (χ1n) is 9.41. The van der Waals surface area contributed by atoms with E-state index in [1.165, 1.54) is 5.56 Å². The van der Waals surface area contributed by atoms with Crippen LogP contribution in [-0.4, -0.2) is 42.3 Å². The van der Waals surface area contributed by atoms with Crippen molar-refractivity contribution in [3.8, 4) is 0 Å². The maximum atomic E-state index is 12.5. The molecule has 1 fully saturated rings. The van der Waals surface area contributed by atoms with Gasteiger partial charge in [-0.2, -0.15) is 0 Å². The Morgan fingerprint density at radius 3 is 2.46 bits per heavy atom. The molecule has 0 saturated carbocycles. The number of nitrogens with zero attached hydrogens (tertiary/aromatic N) is 1. The van der Waals surface area contributed by atoms with E-state index < -0.39 is 0 Å². The van der Waals surface area contributed by atoms with Gasteiger partial charge in [0.25, 0.3) is 0 Å². The lowest BCUT2D eigenvalue weighted by Crippen LogP contribution is -2.43. The van der Waals surface area contributed by atoms with Gasteiger partial charge in [-0.05, 0) is 61.8 Å². The largest absolute Gasteiger partial charge is 0.457 e. The fraction of sp³-hybridized carbons (Fsp3) is 0.364. The molecular weight excluding hydrogens is 372 g/mol. The number of benzene rings is 2. The molecule has 1 aliphatic rings. The van der Waals surface area contributed by atoms with Gasteiger partial charge in [0.05, 0.1) is 18.8 Å². The number of morpholine rings is 1. The summed E-state index contributed by atoms with van der Waals surface area (Å²) >= 11 is 5.52. The van der Waals surface area contributed by atoms with Gasteiger partial charge in [0.2, 0.25) is 0 Å². The molecule has 0 spiro atoms. The smallest absolute Gasteiger partial charge is 0.338 e. The molecule has 1 aliphatic heterocycles. The van der Waals surface area contributed by atoms with Gasteiger partial charge in [-0.1, -0.05) is 29.8 Å². The number of hydrogen-bond donors (Lipinski definition) is 1. The monoisotopic (exact) mass is 398 g/mol. The van der Waals surface area contributed by atoms with Crippen LogP contribution in [0.5, 0.6) is 0 Å². The number of hydrogen-bond acceptors (Lipinski definition) is 4. The van der Waals surface area contributed by atoms with E-state index in [2.05, 4.69) is 10.2 Å². The predicted octanol–water partition coefficient (Wildman–Crippen LogP) is 4.00. The molecule has 3 rings (SSSR count). The zero-order valence-electron chi connectivity index (χ0n) is 16.6. The average Bonchev–Trinajstić information content (AvgIpc) is 2.70. The molecule has 1 N–H and O–H groups in total. The number of anilines is 1. The normalized spacial score (nSPS) is 13.9. The summed E-state index contributed by atoms with van der Waals surface area (Å²) in [6.07, 6.45) is 0. The van der Waals surface area contributed by atoms with Crippen LogP contribution in [0.4, 0.5) is 5.69 Å². The van der Waals surface area contributed by atoms with E-state index >= 15 is 0 Å². The maximum Gasteiger partial charge on any atom is 0.338 e. The Morgan fingerprint density at radius 1 is 1.11 bits per heavy atom. The fourth-order valence-corrected chi connectivity index (χ4v) is 3.33. The maximum absolute atomic E-state index is 12.5. The molecule has 2 aromatic carbocycles. The van der Waals surface area contributed by atoms with Gasteiger partial charge in [0.1, 0.15) is 6.61 Å². The van der Waals surface area contributed by atoms with Crippen molar-refractivity contribution in [2.45, 2.75) is 27.4 Å². The van der Waals surface area contributed by atoms with E-state index in [0.29, 0.717) is 23.9 Å². The summed E-state index contributed by atoms with van der Waals surface area (Å²) in [5.74, 6) is -0.316. The van der Waals surface area contributed by atoms with Crippen LogP contribution in [-0.2, 0) is 16.1 Å². The summed E-state index contributed by atoms with van der Waals surface area (Å²) in [5, 5.41) is 3.98. The van der Waals surface area contributed by atoms with E-state index in [-0.39, 0.29) is 12.6 Å². The second-order valence-corrected chi connectivity index (χ2v) is 7.46. The average molecular weight is 399 g/mol.